The van der Waals surface area contributed by atoms with E-state index < -0.39 is 0 Å². The van der Waals surface area contributed by atoms with Crippen molar-refractivity contribution in [3.05, 3.63) is 69.7 Å². The molecule has 0 fully saturated rings. The number of ether oxygens (including phenoxy) is 1. The first-order valence-electron chi connectivity index (χ1n) is 9.64. The number of aromatic nitrogens is 3. The third-order valence-corrected chi connectivity index (χ3v) is 6.81. The highest BCUT2D eigenvalue weighted by atomic mass is 32.1. The topological polar surface area (TPSA) is 57.0 Å². The number of halogens is 1. The van der Waals surface area contributed by atoms with Gasteiger partial charge in [0.2, 0.25) is 0 Å². The Morgan fingerprint density at radius 3 is 2.86 bits per heavy atom. The second kappa shape index (κ2) is 6.71. The van der Waals surface area contributed by atoms with Crippen LogP contribution in [0.4, 0.5) is 4.39 Å². The molecule has 0 unspecified atom stereocenters. The smallest absolute Gasteiger partial charge is 0.271 e. The van der Waals surface area contributed by atoms with Gasteiger partial charge in [0, 0.05) is 17.4 Å². The van der Waals surface area contributed by atoms with Crippen molar-refractivity contribution in [2.45, 2.75) is 45.4 Å². The van der Waals surface area contributed by atoms with Crippen LogP contribution in [0.1, 0.15) is 37.1 Å². The summed E-state index contributed by atoms with van der Waals surface area (Å²) in [6.45, 7) is 5.11. The summed E-state index contributed by atoms with van der Waals surface area (Å²) >= 11 is 1.39. The Morgan fingerprint density at radius 1 is 1.31 bits per heavy atom. The van der Waals surface area contributed by atoms with Crippen molar-refractivity contribution in [2.75, 3.05) is 0 Å². The molecule has 0 aliphatic carbocycles. The predicted octanol–water partition coefficient (Wildman–Crippen LogP) is 4.44. The third-order valence-electron chi connectivity index (χ3n) is 5.74. The maximum Gasteiger partial charge on any atom is 0.271 e. The zero-order valence-corrected chi connectivity index (χ0v) is 17.1. The van der Waals surface area contributed by atoms with E-state index in [0.29, 0.717) is 23.4 Å². The van der Waals surface area contributed by atoms with E-state index >= 15 is 0 Å². The zero-order chi connectivity index (χ0) is 20.2. The van der Waals surface area contributed by atoms with Crippen LogP contribution < -0.4 is 5.56 Å². The van der Waals surface area contributed by atoms with E-state index in [4.69, 9.17) is 9.72 Å². The van der Waals surface area contributed by atoms with Crippen molar-refractivity contribution in [2.24, 2.45) is 0 Å². The highest BCUT2D eigenvalue weighted by Crippen LogP contribution is 2.35. The van der Waals surface area contributed by atoms with Crippen LogP contribution in [0.5, 0.6) is 0 Å². The van der Waals surface area contributed by atoms with Crippen molar-refractivity contribution in [1.82, 2.24) is 14.5 Å². The highest BCUT2D eigenvalue weighted by Gasteiger charge is 2.30. The molecule has 0 radical (unpaired) electrons. The average Bonchev–Trinajstić information content (AvgIpc) is 3.08. The predicted molar refractivity (Wildman–Crippen MR) is 112 cm³/mol. The van der Waals surface area contributed by atoms with Gasteiger partial charge < -0.3 is 4.74 Å². The molecule has 1 aliphatic heterocycles. The van der Waals surface area contributed by atoms with Gasteiger partial charge in [-0.2, -0.15) is 0 Å². The van der Waals surface area contributed by atoms with Crippen LogP contribution in [0.2, 0.25) is 0 Å². The minimum atomic E-state index is -0.294. The lowest BCUT2D eigenvalue weighted by atomic mass is 9.91. The second-order valence-electron chi connectivity index (χ2n) is 7.80. The molecule has 0 saturated heterocycles. The van der Waals surface area contributed by atoms with E-state index in [2.05, 4.69) is 24.9 Å². The number of benzene rings is 1. The Bertz CT molecular complexity index is 1300. The molecular weight excluding hydrogens is 389 g/mol. The third kappa shape index (κ3) is 3.14. The molecule has 1 aliphatic rings. The Balaban J connectivity index is 1.59. The molecule has 5 rings (SSSR count). The van der Waals surface area contributed by atoms with Crippen LogP contribution in [0.15, 0.2) is 41.5 Å². The maximum atomic E-state index is 13.1. The summed E-state index contributed by atoms with van der Waals surface area (Å²) in [6, 6.07) is 8.22. The summed E-state index contributed by atoms with van der Waals surface area (Å²) in [5.74, 6) is -0.294. The standard InChI is InChI=1S/C22H20FN3O2S/c1-3-22(2)9-17-14(11-28-22)8-16-18-19(29-20(16)25-17)21(27)26(12-24-18)10-13-4-6-15(23)7-5-13/h4-8,12H,3,9-11H2,1-2H3/t22-/m0/s1. The van der Waals surface area contributed by atoms with Gasteiger partial charge in [0.1, 0.15) is 15.3 Å². The largest absolute Gasteiger partial charge is 0.370 e. The lowest BCUT2D eigenvalue weighted by Crippen LogP contribution is -2.35. The first-order valence-corrected chi connectivity index (χ1v) is 10.5. The number of hydrogen-bond donors (Lipinski definition) is 0. The minimum absolute atomic E-state index is 0.102. The van der Waals surface area contributed by atoms with Gasteiger partial charge in [0.25, 0.3) is 5.56 Å². The van der Waals surface area contributed by atoms with Crippen LogP contribution in [-0.2, 0) is 24.3 Å². The SMILES string of the molecule is CC[C@@]1(C)Cc2nc3sc4c(=O)n(Cc5ccc(F)cc5)cnc4c3cc2CO1. The first-order chi connectivity index (χ1) is 14.0. The molecular formula is C22H20FN3O2S. The number of pyridine rings is 1. The van der Waals surface area contributed by atoms with Crippen LogP contribution in [0.3, 0.4) is 0 Å². The monoisotopic (exact) mass is 409 g/mol. The van der Waals surface area contributed by atoms with Crippen LogP contribution in [0, 0.1) is 5.82 Å². The van der Waals surface area contributed by atoms with E-state index in [1.165, 1.54) is 23.5 Å². The molecule has 29 heavy (non-hydrogen) atoms. The summed E-state index contributed by atoms with van der Waals surface area (Å²) in [7, 11) is 0. The Kier molecular flexibility index (Phi) is 4.26. The molecule has 7 heteroatoms. The zero-order valence-electron chi connectivity index (χ0n) is 16.2. The van der Waals surface area contributed by atoms with Crippen LogP contribution in [0.25, 0.3) is 20.4 Å². The summed E-state index contributed by atoms with van der Waals surface area (Å²) in [6.07, 6.45) is 3.25. The van der Waals surface area contributed by atoms with Gasteiger partial charge in [0.05, 0.1) is 36.3 Å². The number of thiophene rings is 1. The van der Waals surface area contributed by atoms with Crippen molar-refractivity contribution in [3.63, 3.8) is 0 Å². The van der Waals surface area contributed by atoms with E-state index in [0.717, 1.165) is 39.9 Å². The van der Waals surface area contributed by atoms with Gasteiger partial charge in [-0.05, 0) is 37.1 Å². The van der Waals surface area contributed by atoms with E-state index in [9.17, 15) is 9.18 Å². The van der Waals surface area contributed by atoms with Crippen LogP contribution >= 0.6 is 11.3 Å². The normalized spacial score (nSPS) is 19.0. The molecule has 5 nitrogen and oxygen atoms in total. The first kappa shape index (κ1) is 18.4. The van der Waals surface area contributed by atoms with E-state index in [-0.39, 0.29) is 17.0 Å². The van der Waals surface area contributed by atoms with Crippen molar-refractivity contribution >= 4 is 31.8 Å². The molecule has 1 atom stereocenters. The maximum absolute atomic E-state index is 13.1. The quantitative estimate of drug-likeness (QED) is 0.502. The average molecular weight is 409 g/mol. The molecule has 4 heterocycles. The van der Waals surface area contributed by atoms with Crippen molar-refractivity contribution < 1.29 is 9.13 Å². The molecule has 0 amide bonds. The highest BCUT2D eigenvalue weighted by molar-refractivity contribution is 7.25. The summed E-state index contributed by atoms with van der Waals surface area (Å²) < 4.78 is 21.3. The molecule has 4 aromatic rings. The van der Waals surface area contributed by atoms with E-state index in [1.807, 2.05) is 0 Å². The molecule has 0 bridgehead atoms. The fourth-order valence-electron chi connectivity index (χ4n) is 3.73. The summed E-state index contributed by atoms with van der Waals surface area (Å²) in [4.78, 5) is 23.3. The lowest BCUT2D eigenvalue weighted by molar-refractivity contribution is -0.0573. The number of rotatable bonds is 3. The summed E-state index contributed by atoms with van der Waals surface area (Å²) in [5, 5.41) is 0.901. The van der Waals surface area contributed by atoms with Gasteiger partial charge in [-0.1, -0.05) is 19.1 Å². The second-order valence-corrected chi connectivity index (χ2v) is 8.80. The van der Waals surface area contributed by atoms with Gasteiger partial charge in [-0.3, -0.25) is 9.36 Å². The summed E-state index contributed by atoms with van der Waals surface area (Å²) in [5.41, 5.74) is 3.36. The Hall–Kier alpha value is -2.64. The fraction of sp³-hybridized carbons (Fsp3) is 0.318. The van der Waals surface area contributed by atoms with E-state index in [1.54, 1.807) is 23.0 Å². The molecule has 0 spiro atoms. The molecule has 0 N–H and O–H groups in total. The molecule has 1 aromatic carbocycles. The van der Waals surface area contributed by atoms with Crippen molar-refractivity contribution in [1.29, 1.82) is 0 Å². The molecule has 0 saturated carbocycles. The minimum Gasteiger partial charge on any atom is -0.370 e. The van der Waals surface area contributed by atoms with Crippen molar-refractivity contribution in [3.8, 4) is 0 Å². The number of fused-ring (bicyclic) bond motifs is 4. The number of nitrogens with zero attached hydrogens (tertiary/aromatic N) is 3. The molecule has 3 aromatic heterocycles. The van der Waals surface area contributed by atoms with Gasteiger partial charge in [-0.15, -0.1) is 11.3 Å². The van der Waals surface area contributed by atoms with Gasteiger partial charge >= 0.3 is 0 Å². The van der Waals surface area contributed by atoms with Crippen LogP contribution in [-0.4, -0.2) is 20.1 Å². The Labute approximate surface area is 170 Å². The fourth-order valence-corrected chi connectivity index (χ4v) is 4.81. The van der Waals surface area contributed by atoms with Gasteiger partial charge in [-0.25, -0.2) is 14.4 Å². The number of hydrogen-bond acceptors (Lipinski definition) is 5. The van der Waals surface area contributed by atoms with Gasteiger partial charge in [0.15, 0.2) is 0 Å². The lowest BCUT2D eigenvalue weighted by Gasteiger charge is -2.33. The Morgan fingerprint density at radius 2 is 2.10 bits per heavy atom. The molecule has 148 valence electrons.